The SMILES string of the molecule is NCCc1ccc(-n2cnc3c2CCCC3)cc1Cl. The van der Waals surface area contributed by atoms with E-state index in [1.54, 1.807) is 0 Å². The number of aryl methyl sites for hydroxylation is 1. The Bertz CT molecular complexity index is 589. The fourth-order valence-electron chi connectivity index (χ4n) is 2.74. The molecule has 0 spiro atoms. The summed E-state index contributed by atoms with van der Waals surface area (Å²) in [5.41, 5.74) is 10.4. The van der Waals surface area contributed by atoms with Crippen molar-refractivity contribution in [2.24, 2.45) is 5.73 Å². The lowest BCUT2D eigenvalue weighted by Gasteiger charge is -2.15. The molecular weight excluding hydrogens is 258 g/mol. The third-order valence-electron chi connectivity index (χ3n) is 3.76. The number of rotatable bonds is 3. The molecule has 2 N–H and O–H groups in total. The zero-order valence-corrected chi connectivity index (χ0v) is 11.7. The lowest BCUT2D eigenvalue weighted by molar-refractivity contribution is 0.656. The number of hydrogen-bond acceptors (Lipinski definition) is 2. The lowest BCUT2D eigenvalue weighted by Crippen LogP contribution is -2.07. The Hall–Kier alpha value is -1.32. The van der Waals surface area contributed by atoms with Gasteiger partial charge in [-0.2, -0.15) is 0 Å². The van der Waals surface area contributed by atoms with Gasteiger partial charge < -0.3 is 10.3 Å². The molecule has 4 heteroatoms. The van der Waals surface area contributed by atoms with Gasteiger partial charge in [-0.05, 0) is 56.3 Å². The summed E-state index contributed by atoms with van der Waals surface area (Å²) in [6, 6.07) is 6.19. The van der Waals surface area contributed by atoms with Crippen molar-refractivity contribution in [3.63, 3.8) is 0 Å². The number of fused-ring (bicyclic) bond motifs is 1. The van der Waals surface area contributed by atoms with Crippen LogP contribution in [0.15, 0.2) is 24.5 Å². The van der Waals surface area contributed by atoms with Gasteiger partial charge >= 0.3 is 0 Å². The standard InChI is InChI=1S/C15H18ClN3/c16-13-9-12(6-5-11(13)7-8-17)19-10-18-14-3-1-2-4-15(14)19/h5-6,9-10H,1-4,7-8,17H2. The van der Waals surface area contributed by atoms with Crippen molar-refractivity contribution < 1.29 is 0 Å². The number of hydrogen-bond donors (Lipinski definition) is 1. The maximum absolute atomic E-state index is 6.32. The fraction of sp³-hybridized carbons (Fsp3) is 0.400. The molecule has 0 aliphatic heterocycles. The van der Waals surface area contributed by atoms with Crippen LogP contribution >= 0.6 is 11.6 Å². The predicted octanol–water partition coefficient (Wildman–Crippen LogP) is 2.91. The lowest BCUT2D eigenvalue weighted by atomic mass is 10.0. The van der Waals surface area contributed by atoms with Crippen LogP contribution in [-0.4, -0.2) is 16.1 Å². The monoisotopic (exact) mass is 275 g/mol. The zero-order valence-electron chi connectivity index (χ0n) is 10.9. The summed E-state index contributed by atoms with van der Waals surface area (Å²) in [5.74, 6) is 0. The van der Waals surface area contributed by atoms with Crippen molar-refractivity contribution in [1.29, 1.82) is 0 Å². The van der Waals surface area contributed by atoms with E-state index in [0.29, 0.717) is 6.54 Å². The molecule has 1 aromatic carbocycles. The van der Waals surface area contributed by atoms with Crippen LogP contribution in [0.2, 0.25) is 5.02 Å². The average Bonchev–Trinajstić information content (AvgIpc) is 2.85. The second-order valence-electron chi connectivity index (χ2n) is 5.03. The summed E-state index contributed by atoms with van der Waals surface area (Å²) in [6.07, 6.45) is 7.45. The number of imidazole rings is 1. The molecule has 0 atom stereocenters. The van der Waals surface area contributed by atoms with E-state index in [-0.39, 0.29) is 0 Å². The van der Waals surface area contributed by atoms with Gasteiger partial charge in [0.2, 0.25) is 0 Å². The van der Waals surface area contributed by atoms with Crippen LogP contribution in [0.3, 0.4) is 0 Å². The molecule has 1 aliphatic rings. The molecule has 3 rings (SSSR count). The Morgan fingerprint density at radius 1 is 1.26 bits per heavy atom. The molecule has 3 nitrogen and oxygen atoms in total. The third kappa shape index (κ3) is 2.40. The van der Waals surface area contributed by atoms with Crippen LogP contribution in [0.5, 0.6) is 0 Å². The first-order valence-corrected chi connectivity index (χ1v) is 7.21. The van der Waals surface area contributed by atoms with Crippen molar-refractivity contribution in [2.75, 3.05) is 6.54 Å². The van der Waals surface area contributed by atoms with Crippen LogP contribution in [0, 0.1) is 0 Å². The molecule has 2 aromatic rings. The van der Waals surface area contributed by atoms with Crippen molar-refractivity contribution in [1.82, 2.24) is 9.55 Å². The molecule has 0 bridgehead atoms. The quantitative estimate of drug-likeness (QED) is 0.936. The third-order valence-corrected chi connectivity index (χ3v) is 4.11. The van der Waals surface area contributed by atoms with Gasteiger partial charge in [0, 0.05) is 16.4 Å². The Labute approximate surface area is 118 Å². The molecule has 19 heavy (non-hydrogen) atoms. The van der Waals surface area contributed by atoms with Crippen LogP contribution in [0.1, 0.15) is 29.8 Å². The molecule has 0 fully saturated rings. The minimum absolute atomic E-state index is 0.625. The van der Waals surface area contributed by atoms with Gasteiger partial charge in [-0.15, -0.1) is 0 Å². The smallest absolute Gasteiger partial charge is 0.0997 e. The first-order chi connectivity index (χ1) is 9.29. The first-order valence-electron chi connectivity index (χ1n) is 6.83. The second-order valence-corrected chi connectivity index (χ2v) is 5.44. The number of benzene rings is 1. The molecule has 0 saturated carbocycles. The molecule has 1 heterocycles. The van der Waals surface area contributed by atoms with E-state index in [1.807, 2.05) is 12.4 Å². The maximum Gasteiger partial charge on any atom is 0.0997 e. The van der Waals surface area contributed by atoms with Crippen LogP contribution < -0.4 is 5.73 Å². The van der Waals surface area contributed by atoms with E-state index in [4.69, 9.17) is 17.3 Å². The van der Waals surface area contributed by atoms with Crippen molar-refractivity contribution in [3.05, 3.63) is 46.5 Å². The van der Waals surface area contributed by atoms with E-state index in [1.165, 1.54) is 24.2 Å². The summed E-state index contributed by atoms with van der Waals surface area (Å²) in [6.45, 7) is 0.625. The van der Waals surface area contributed by atoms with Gasteiger partial charge in [-0.1, -0.05) is 17.7 Å². The van der Waals surface area contributed by atoms with Gasteiger partial charge in [-0.25, -0.2) is 4.98 Å². The zero-order chi connectivity index (χ0) is 13.2. The first kappa shape index (κ1) is 12.7. The minimum Gasteiger partial charge on any atom is -0.330 e. The fourth-order valence-corrected chi connectivity index (χ4v) is 3.01. The van der Waals surface area contributed by atoms with Crippen molar-refractivity contribution >= 4 is 11.6 Å². The normalized spacial score (nSPS) is 14.4. The van der Waals surface area contributed by atoms with Crippen LogP contribution in [-0.2, 0) is 19.3 Å². The Balaban J connectivity index is 1.98. The Morgan fingerprint density at radius 3 is 2.89 bits per heavy atom. The number of halogens is 1. The van der Waals surface area contributed by atoms with Gasteiger partial charge in [0.15, 0.2) is 0 Å². The van der Waals surface area contributed by atoms with Gasteiger partial charge in [-0.3, -0.25) is 0 Å². The van der Waals surface area contributed by atoms with Gasteiger partial charge in [0.1, 0.15) is 0 Å². The van der Waals surface area contributed by atoms with E-state index in [0.717, 1.165) is 35.5 Å². The molecular formula is C15H18ClN3. The summed E-state index contributed by atoms with van der Waals surface area (Å²) in [7, 11) is 0. The van der Waals surface area contributed by atoms with Crippen LogP contribution in [0.4, 0.5) is 0 Å². The second kappa shape index (κ2) is 5.35. The summed E-state index contributed by atoms with van der Waals surface area (Å²) in [5, 5.41) is 0.793. The highest BCUT2D eigenvalue weighted by Crippen LogP contribution is 2.26. The number of nitrogens with two attached hydrogens (primary N) is 1. The average molecular weight is 276 g/mol. The van der Waals surface area contributed by atoms with E-state index in [2.05, 4.69) is 21.7 Å². The molecule has 0 saturated heterocycles. The van der Waals surface area contributed by atoms with Crippen molar-refractivity contribution in [2.45, 2.75) is 32.1 Å². The maximum atomic E-state index is 6.32. The largest absolute Gasteiger partial charge is 0.330 e. The van der Waals surface area contributed by atoms with E-state index in [9.17, 15) is 0 Å². The molecule has 1 aliphatic carbocycles. The predicted molar refractivity (Wildman–Crippen MR) is 78.0 cm³/mol. The van der Waals surface area contributed by atoms with Gasteiger partial charge in [0.05, 0.1) is 12.0 Å². The topological polar surface area (TPSA) is 43.8 Å². The molecule has 0 unspecified atom stereocenters. The van der Waals surface area contributed by atoms with Crippen molar-refractivity contribution in [3.8, 4) is 5.69 Å². The Morgan fingerprint density at radius 2 is 2.11 bits per heavy atom. The van der Waals surface area contributed by atoms with Gasteiger partial charge in [0.25, 0.3) is 0 Å². The van der Waals surface area contributed by atoms with E-state index >= 15 is 0 Å². The van der Waals surface area contributed by atoms with E-state index < -0.39 is 0 Å². The molecule has 0 amide bonds. The Kier molecular flexibility index (Phi) is 3.58. The summed E-state index contributed by atoms with van der Waals surface area (Å²) in [4.78, 5) is 4.52. The highest BCUT2D eigenvalue weighted by atomic mass is 35.5. The highest BCUT2D eigenvalue weighted by molar-refractivity contribution is 6.31. The van der Waals surface area contributed by atoms with Crippen LogP contribution in [0.25, 0.3) is 5.69 Å². The number of nitrogens with zero attached hydrogens (tertiary/aromatic N) is 2. The molecule has 0 radical (unpaired) electrons. The highest BCUT2D eigenvalue weighted by Gasteiger charge is 2.16. The summed E-state index contributed by atoms with van der Waals surface area (Å²) >= 11 is 6.32. The molecule has 1 aromatic heterocycles. The summed E-state index contributed by atoms with van der Waals surface area (Å²) < 4.78 is 2.17. The number of aromatic nitrogens is 2. The molecule has 100 valence electrons. The minimum atomic E-state index is 0.625.